The van der Waals surface area contributed by atoms with Crippen LogP contribution in [-0.2, 0) is 9.53 Å². The SMILES string of the molecule is Cc1nc(NC(=O)OCC2c3ccccc3-c3ccccc32)sc1C(=O)N(C)CCCCC(=O)O. The lowest BCUT2D eigenvalue weighted by Gasteiger charge is -2.16. The molecule has 1 aliphatic rings. The van der Waals surface area contributed by atoms with Crippen LogP contribution in [0.15, 0.2) is 48.5 Å². The van der Waals surface area contributed by atoms with Gasteiger partial charge in [0.2, 0.25) is 0 Å². The van der Waals surface area contributed by atoms with Gasteiger partial charge in [0.25, 0.3) is 5.91 Å². The molecule has 0 bridgehead atoms. The van der Waals surface area contributed by atoms with Crippen LogP contribution in [-0.4, -0.2) is 53.2 Å². The van der Waals surface area contributed by atoms with Crippen molar-refractivity contribution in [3.63, 3.8) is 0 Å². The number of carbonyl (C=O) groups is 3. The van der Waals surface area contributed by atoms with Crippen LogP contribution in [0.25, 0.3) is 11.1 Å². The van der Waals surface area contributed by atoms with Gasteiger partial charge in [-0.2, -0.15) is 0 Å². The number of carboxylic acid groups (broad SMARTS) is 1. The van der Waals surface area contributed by atoms with Crippen LogP contribution < -0.4 is 5.32 Å². The zero-order valence-electron chi connectivity index (χ0n) is 19.6. The van der Waals surface area contributed by atoms with E-state index in [-0.39, 0.29) is 24.9 Å². The third-order valence-electron chi connectivity index (χ3n) is 6.02. The average molecular weight is 494 g/mol. The first-order valence-electron chi connectivity index (χ1n) is 11.4. The number of carbonyl (C=O) groups excluding carboxylic acids is 2. The molecule has 9 heteroatoms. The van der Waals surface area contributed by atoms with Crippen molar-refractivity contribution in [1.82, 2.24) is 9.88 Å². The molecule has 0 radical (unpaired) electrons. The highest BCUT2D eigenvalue weighted by Crippen LogP contribution is 2.44. The standard InChI is InChI=1S/C26H27N3O5S/c1-16-23(24(32)29(2)14-8-7-13-22(30)31)35-25(27-16)28-26(33)34-15-21-19-11-5-3-9-17(19)18-10-4-6-12-20(18)21/h3-6,9-12,21H,7-8,13-15H2,1-2H3,(H,30,31)(H,27,28,33). The summed E-state index contributed by atoms with van der Waals surface area (Å²) in [5, 5.41) is 11.7. The Morgan fingerprint density at radius 2 is 1.69 bits per heavy atom. The number of aliphatic carboxylic acids is 1. The van der Waals surface area contributed by atoms with Gasteiger partial charge < -0.3 is 14.7 Å². The zero-order valence-corrected chi connectivity index (χ0v) is 20.4. The lowest BCUT2D eigenvalue weighted by Crippen LogP contribution is -2.27. The molecule has 0 atom stereocenters. The number of amides is 2. The van der Waals surface area contributed by atoms with Crippen molar-refractivity contribution in [3.05, 3.63) is 70.2 Å². The van der Waals surface area contributed by atoms with E-state index in [1.54, 1.807) is 18.9 Å². The summed E-state index contributed by atoms with van der Waals surface area (Å²) >= 11 is 1.10. The van der Waals surface area contributed by atoms with E-state index < -0.39 is 12.1 Å². The van der Waals surface area contributed by atoms with Crippen molar-refractivity contribution in [1.29, 1.82) is 0 Å². The Kier molecular flexibility index (Phi) is 7.45. The minimum absolute atomic E-state index is 0.0434. The van der Waals surface area contributed by atoms with Crippen molar-refractivity contribution >= 4 is 34.4 Å². The minimum atomic E-state index is -0.846. The van der Waals surface area contributed by atoms with E-state index in [4.69, 9.17) is 9.84 Å². The summed E-state index contributed by atoms with van der Waals surface area (Å²) in [5.74, 6) is -1.10. The Labute approximate surface area is 207 Å². The van der Waals surface area contributed by atoms with E-state index in [1.165, 1.54) is 0 Å². The van der Waals surface area contributed by atoms with Crippen LogP contribution in [0.1, 0.15) is 51.7 Å². The molecule has 0 saturated heterocycles. The van der Waals surface area contributed by atoms with E-state index in [1.807, 2.05) is 24.3 Å². The third kappa shape index (κ3) is 5.51. The normalized spacial score (nSPS) is 12.1. The molecular formula is C26H27N3O5S. The largest absolute Gasteiger partial charge is 0.481 e. The molecule has 0 spiro atoms. The summed E-state index contributed by atoms with van der Waals surface area (Å²) in [5.41, 5.74) is 5.09. The second kappa shape index (κ2) is 10.7. The molecule has 4 rings (SSSR count). The number of rotatable bonds is 9. The first-order chi connectivity index (χ1) is 16.8. The quantitative estimate of drug-likeness (QED) is 0.400. The summed E-state index contributed by atoms with van der Waals surface area (Å²) in [4.78, 5) is 42.2. The summed E-state index contributed by atoms with van der Waals surface area (Å²) in [6.45, 7) is 2.35. The molecule has 2 amide bonds. The van der Waals surface area contributed by atoms with Crippen LogP contribution in [0, 0.1) is 6.92 Å². The maximum atomic E-state index is 12.8. The molecule has 0 unspecified atom stereocenters. The van der Waals surface area contributed by atoms with Gasteiger partial charge in [-0.3, -0.25) is 14.9 Å². The fraction of sp³-hybridized carbons (Fsp3) is 0.308. The number of fused-ring (bicyclic) bond motifs is 3. The van der Waals surface area contributed by atoms with Gasteiger partial charge in [-0.25, -0.2) is 9.78 Å². The van der Waals surface area contributed by atoms with Crippen molar-refractivity contribution in [2.45, 2.75) is 32.1 Å². The summed E-state index contributed by atoms with van der Waals surface area (Å²) in [7, 11) is 1.67. The molecule has 2 aromatic carbocycles. The predicted octanol–water partition coefficient (Wildman–Crippen LogP) is 5.14. The number of ether oxygens (including phenoxy) is 1. The van der Waals surface area contributed by atoms with Gasteiger partial charge in [0.15, 0.2) is 5.13 Å². The van der Waals surface area contributed by atoms with E-state index in [0.29, 0.717) is 35.1 Å². The number of hydrogen-bond donors (Lipinski definition) is 2. The van der Waals surface area contributed by atoms with E-state index in [9.17, 15) is 14.4 Å². The summed E-state index contributed by atoms with van der Waals surface area (Å²) < 4.78 is 5.56. The average Bonchev–Trinajstić information content (AvgIpc) is 3.37. The Hall–Kier alpha value is -3.72. The minimum Gasteiger partial charge on any atom is -0.481 e. The van der Waals surface area contributed by atoms with E-state index >= 15 is 0 Å². The van der Waals surface area contributed by atoms with E-state index in [2.05, 4.69) is 34.6 Å². The first kappa shape index (κ1) is 24.4. The number of aryl methyl sites for hydroxylation is 1. The van der Waals surface area contributed by atoms with Crippen LogP contribution in [0.4, 0.5) is 9.93 Å². The smallest absolute Gasteiger partial charge is 0.413 e. The monoisotopic (exact) mass is 493 g/mol. The van der Waals surface area contributed by atoms with Crippen LogP contribution in [0.3, 0.4) is 0 Å². The second-order valence-corrected chi connectivity index (χ2v) is 9.46. The maximum Gasteiger partial charge on any atom is 0.413 e. The van der Waals surface area contributed by atoms with Gasteiger partial charge in [-0.05, 0) is 42.0 Å². The lowest BCUT2D eigenvalue weighted by molar-refractivity contribution is -0.137. The molecule has 3 aromatic rings. The first-order valence-corrected chi connectivity index (χ1v) is 12.2. The van der Waals surface area contributed by atoms with Gasteiger partial charge in [-0.15, -0.1) is 0 Å². The van der Waals surface area contributed by atoms with Crippen LogP contribution in [0.2, 0.25) is 0 Å². The molecule has 1 heterocycles. The number of aromatic nitrogens is 1. The number of nitrogens with zero attached hydrogens (tertiary/aromatic N) is 2. The molecular weight excluding hydrogens is 466 g/mol. The number of unbranched alkanes of at least 4 members (excludes halogenated alkanes) is 1. The van der Waals surface area contributed by atoms with Crippen LogP contribution in [0.5, 0.6) is 0 Å². The maximum absolute atomic E-state index is 12.8. The number of benzene rings is 2. The molecule has 8 nitrogen and oxygen atoms in total. The molecule has 2 N–H and O–H groups in total. The summed E-state index contributed by atoms with van der Waals surface area (Å²) in [6.07, 6.45) is 0.553. The van der Waals surface area contributed by atoms with Crippen molar-refractivity contribution in [3.8, 4) is 11.1 Å². The molecule has 35 heavy (non-hydrogen) atoms. The Bertz CT molecular complexity index is 1210. The van der Waals surface area contributed by atoms with Gasteiger partial charge in [0.05, 0.1) is 5.69 Å². The molecule has 1 aromatic heterocycles. The van der Waals surface area contributed by atoms with Gasteiger partial charge >= 0.3 is 12.1 Å². The van der Waals surface area contributed by atoms with Crippen molar-refractivity contribution < 1.29 is 24.2 Å². The highest BCUT2D eigenvalue weighted by molar-refractivity contribution is 7.17. The number of nitrogens with one attached hydrogen (secondary N) is 1. The molecule has 0 fully saturated rings. The van der Waals surface area contributed by atoms with Gasteiger partial charge in [-0.1, -0.05) is 59.9 Å². The fourth-order valence-electron chi connectivity index (χ4n) is 4.27. The Balaban J connectivity index is 1.34. The molecule has 1 aliphatic carbocycles. The van der Waals surface area contributed by atoms with Gasteiger partial charge in [0.1, 0.15) is 11.5 Å². The topological polar surface area (TPSA) is 109 Å². The number of carboxylic acids is 1. The van der Waals surface area contributed by atoms with Crippen LogP contribution >= 0.6 is 11.3 Å². The van der Waals surface area contributed by atoms with Gasteiger partial charge in [0, 0.05) is 25.9 Å². The Morgan fingerprint density at radius 3 is 2.31 bits per heavy atom. The third-order valence-corrected chi connectivity index (χ3v) is 7.09. The zero-order chi connectivity index (χ0) is 24.9. The Morgan fingerprint density at radius 1 is 1.06 bits per heavy atom. The van der Waals surface area contributed by atoms with Crippen molar-refractivity contribution in [2.75, 3.05) is 25.5 Å². The molecule has 0 aliphatic heterocycles. The highest BCUT2D eigenvalue weighted by atomic mass is 32.1. The number of thiazole rings is 1. The number of anilines is 1. The van der Waals surface area contributed by atoms with Crippen molar-refractivity contribution in [2.24, 2.45) is 0 Å². The highest BCUT2D eigenvalue weighted by Gasteiger charge is 2.29. The van der Waals surface area contributed by atoms with E-state index in [0.717, 1.165) is 33.6 Å². The summed E-state index contributed by atoms with van der Waals surface area (Å²) in [6, 6.07) is 16.2. The second-order valence-electron chi connectivity index (χ2n) is 8.46. The fourth-order valence-corrected chi connectivity index (χ4v) is 5.22. The predicted molar refractivity (Wildman–Crippen MR) is 134 cm³/mol. The molecule has 0 saturated carbocycles. The molecule has 182 valence electrons. The number of hydrogen-bond acceptors (Lipinski definition) is 6. The lowest BCUT2D eigenvalue weighted by atomic mass is 9.98.